The van der Waals surface area contributed by atoms with Gasteiger partial charge in [-0.15, -0.1) is 23.1 Å². The molecule has 4 amide bonds. The van der Waals surface area contributed by atoms with Crippen LogP contribution in [0, 0.1) is 17.8 Å². The molecule has 104 heavy (non-hydrogen) atoms. The molecule has 2 fully saturated rings. The van der Waals surface area contributed by atoms with Crippen molar-refractivity contribution < 1.29 is 59.4 Å². The second-order valence-corrected chi connectivity index (χ2v) is 35.3. The second-order valence-electron chi connectivity index (χ2n) is 29.4. The molecule has 0 radical (unpaired) electrons. The van der Waals surface area contributed by atoms with E-state index in [9.17, 15) is 59.4 Å². The number of allylic oxidation sites excluding steroid dienone is 1. The van der Waals surface area contributed by atoms with Crippen molar-refractivity contribution in [2.24, 2.45) is 10.8 Å². The van der Waals surface area contributed by atoms with E-state index in [-0.39, 0.29) is 67.6 Å². The number of alkyl halides is 3. The summed E-state index contributed by atoms with van der Waals surface area (Å²) in [6, 6.07) is 30.8. The average Bonchev–Trinajstić information content (AvgIpc) is 0.944. The molecule has 2 aliphatic heterocycles. The fourth-order valence-electron chi connectivity index (χ4n) is 13.7. The zero-order chi connectivity index (χ0) is 75.2. The first-order chi connectivity index (χ1) is 49.3. The fourth-order valence-corrected chi connectivity index (χ4v) is 17.7. The van der Waals surface area contributed by atoms with Gasteiger partial charge in [-0.1, -0.05) is 132 Å². The summed E-state index contributed by atoms with van der Waals surface area (Å²) in [4.78, 5) is 67.3. The largest absolute Gasteiger partial charge is 0.501 e. The van der Waals surface area contributed by atoms with E-state index >= 15 is 0 Å². The number of thioether (sulfide) groups is 1. The number of sulfonamides is 1. The molecule has 3 aliphatic rings. The van der Waals surface area contributed by atoms with Crippen molar-refractivity contribution in [2.45, 2.75) is 176 Å². The number of carbonyl (C=O) groups is 4. The van der Waals surface area contributed by atoms with Crippen LogP contribution in [0.2, 0.25) is 5.02 Å². The highest BCUT2D eigenvalue weighted by Gasteiger charge is 2.49. The molecule has 9 rings (SSSR count). The molecule has 6 N–H and O–H groups in total. The SMILES string of the molecule is Cc1ncsc1-c1ccc([C@H](C)NC(=O)[C@@H]2C[C@@H](O)CN2C(=O)[C@@H](NC(=O)CCCCCCCCN(CCO)CC[C@H](CSc2ccccc2)Nc2ccc(S(=O)(=O)NC(=O)c3ccc(N4CCN(CC5=C(c6ccc(Cl)cc6)CCC(C)(C)C5)CC4)cc3)cc2S(=O)(=O)C(F)(F)F)C(C)(C)C)cc1. The van der Waals surface area contributed by atoms with Crippen LogP contribution in [-0.4, -0.2) is 171 Å². The van der Waals surface area contributed by atoms with Crippen LogP contribution in [-0.2, 0) is 34.2 Å². The van der Waals surface area contributed by atoms with Gasteiger partial charge in [0.05, 0.1) is 45.4 Å². The molecular weight excluding hydrogens is 1430 g/mol. The topological polar surface area (TPSA) is 251 Å². The quantitative estimate of drug-likeness (QED) is 0.0165. The average molecular weight is 1530 g/mol. The van der Waals surface area contributed by atoms with E-state index in [2.05, 4.69) is 56.7 Å². The van der Waals surface area contributed by atoms with Crippen molar-refractivity contribution in [1.29, 1.82) is 0 Å². The van der Waals surface area contributed by atoms with Gasteiger partial charge in [0, 0.05) is 98.2 Å². The lowest BCUT2D eigenvalue weighted by Crippen LogP contribution is -2.57. The number of carbonyl (C=O) groups excluding carboxylic acids is 4. The molecule has 5 atom stereocenters. The minimum absolute atomic E-state index is 0.0429. The highest BCUT2D eigenvalue weighted by Crippen LogP contribution is 2.44. The number of hydrogen-bond donors (Lipinski definition) is 6. The summed E-state index contributed by atoms with van der Waals surface area (Å²) >= 11 is 9.16. The van der Waals surface area contributed by atoms with Crippen LogP contribution in [0.15, 0.2) is 147 Å². The molecule has 564 valence electrons. The third-order valence-electron chi connectivity index (χ3n) is 19.7. The van der Waals surface area contributed by atoms with Crippen molar-refractivity contribution in [3.63, 3.8) is 0 Å². The third kappa shape index (κ3) is 22.1. The Kier molecular flexibility index (Phi) is 28.2. The molecule has 1 aliphatic carbocycles. The molecule has 1 aromatic heterocycles. The number of amides is 4. The number of aliphatic hydroxyl groups excluding tert-OH is 2. The Bertz CT molecular complexity index is 4160. The Morgan fingerprint density at radius 1 is 0.817 bits per heavy atom. The molecule has 0 saturated carbocycles. The van der Waals surface area contributed by atoms with E-state index in [4.69, 9.17) is 11.6 Å². The Hall–Kier alpha value is -6.88. The van der Waals surface area contributed by atoms with Gasteiger partial charge in [-0.2, -0.15) is 13.2 Å². The summed E-state index contributed by atoms with van der Waals surface area (Å²) in [5.74, 6) is -1.97. The van der Waals surface area contributed by atoms with E-state index in [0.29, 0.717) is 43.7 Å². The highest BCUT2D eigenvalue weighted by molar-refractivity contribution is 7.99. The first-order valence-corrected chi connectivity index (χ1v) is 40.9. The first kappa shape index (κ1) is 81.2. The van der Waals surface area contributed by atoms with E-state index in [1.165, 1.54) is 45.5 Å². The molecule has 0 spiro atoms. The summed E-state index contributed by atoms with van der Waals surface area (Å²) in [5.41, 5.74) is 2.54. The lowest BCUT2D eigenvalue weighted by atomic mass is 9.73. The van der Waals surface area contributed by atoms with Gasteiger partial charge in [-0.25, -0.2) is 26.5 Å². The van der Waals surface area contributed by atoms with Crippen molar-refractivity contribution in [1.82, 2.24) is 35.0 Å². The van der Waals surface area contributed by atoms with Crippen LogP contribution in [0.1, 0.15) is 152 Å². The molecular formula is C77H99ClF3N9O10S4. The minimum Gasteiger partial charge on any atom is -0.395 e. The molecule has 27 heteroatoms. The van der Waals surface area contributed by atoms with Crippen molar-refractivity contribution in [3.8, 4) is 10.4 Å². The van der Waals surface area contributed by atoms with Crippen LogP contribution in [0.3, 0.4) is 0 Å². The van der Waals surface area contributed by atoms with Crippen LogP contribution < -0.4 is 25.6 Å². The minimum atomic E-state index is -6.19. The van der Waals surface area contributed by atoms with E-state index in [0.717, 1.165) is 115 Å². The lowest BCUT2D eigenvalue weighted by Gasteiger charge is -2.39. The predicted octanol–water partition coefficient (Wildman–Crippen LogP) is 13.3. The van der Waals surface area contributed by atoms with Gasteiger partial charge in [0.1, 0.15) is 17.0 Å². The maximum atomic E-state index is 14.6. The highest BCUT2D eigenvalue weighted by atomic mass is 35.5. The molecule has 19 nitrogen and oxygen atoms in total. The smallest absolute Gasteiger partial charge is 0.395 e. The molecule has 3 heterocycles. The number of piperazine rings is 1. The molecule has 2 saturated heterocycles. The Morgan fingerprint density at radius 2 is 1.48 bits per heavy atom. The zero-order valence-corrected chi connectivity index (χ0v) is 64.3. The Labute approximate surface area is 624 Å². The summed E-state index contributed by atoms with van der Waals surface area (Å²) in [7, 11) is -11.1. The van der Waals surface area contributed by atoms with Crippen molar-refractivity contribution in [2.75, 3.05) is 81.5 Å². The number of hydrogen-bond acceptors (Lipinski definition) is 17. The van der Waals surface area contributed by atoms with Crippen molar-refractivity contribution >= 4 is 95.1 Å². The lowest BCUT2D eigenvalue weighted by molar-refractivity contribution is -0.144. The molecule has 5 aromatic carbocycles. The number of nitrogens with zero attached hydrogens (tertiary/aromatic N) is 5. The van der Waals surface area contributed by atoms with E-state index < -0.39 is 88.2 Å². The zero-order valence-electron chi connectivity index (χ0n) is 60.3. The van der Waals surface area contributed by atoms with Crippen LogP contribution in [0.4, 0.5) is 24.5 Å². The maximum absolute atomic E-state index is 14.6. The van der Waals surface area contributed by atoms with E-state index in [1.54, 1.807) is 29.0 Å². The third-order valence-corrected chi connectivity index (χ3v) is 24.9. The number of likely N-dealkylation sites (tertiary alicyclic amines) is 1. The van der Waals surface area contributed by atoms with Gasteiger partial charge >= 0.3 is 5.51 Å². The van der Waals surface area contributed by atoms with E-state index in [1.807, 2.05) is 111 Å². The van der Waals surface area contributed by atoms with Gasteiger partial charge < -0.3 is 40.9 Å². The molecule has 0 unspecified atom stereocenters. The number of aryl methyl sites for hydroxylation is 1. The number of sulfone groups is 1. The number of aliphatic hydroxyl groups is 2. The predicted molar refractivity (Wildman–Crippen MR) is 407 cm³/mol. The number of benzene rings is 5. The summed E-state index contributed by atoms with van der Waals surface area (Å²) in [6.07, 6.45) is 7.12. The monoisotopic (exact) mass is 1530 g/mol. The standard InChI is InChI=1S/C77H99ClF3N9O10S4/c1-52(54-20-22-56(23-21-54)70-53(2)82-51-102-70)83-73(95)67-45-62(92)49-90(67)74(96)71(75(3,4)5)85-69(93)19-15-10-8-9-11-16-37-87(43-44-91)38-35-60(50-101-63-17-13-12-14-18-63)84-66-33-32-64(46-68(66)103(97,98)77(79,80)81)104(99,100)86-72(94)57-26-30-61(31-27-57)89-41-39-88(40-42-89)48-58-47-76(6,7)36-34-65(58)55-24-28-59(78)29-25-55/h12-14,17-18,20-33,46,51-52,60,62,67,71,84,91-92H,8-11,15-16,19,34-45,47-50H2,1-7H3,(H,83,95)(H,85,93)(H,86,94)/t52-,60+,62+,67-,71+/m0/s1. The second kappa shape index (κ2) is 36.1. The molecule has 6 aromatic rings. The van der Waals surface area contributed by atoms with Gasteiger partial charge in [-0.05, 0) is 159 Å². The van der Waals surface area contributed by atoms with Gasteiger partial charge in [-0.3, -0.25) is 24.1 Å². The van der Waals surface area contributed by atoms with Gasteiger partial charge in [0.15, 0.2) is 0 Å². The summed E-state index contributed by atoms with van der Waals surface area (Å²) < 4.78 is 100. The fraction of sp³-hybridized carbons (Fsp3) is 0.494. The maximum Gasteiger partial charge on any atom is 0.501 e. The van der Waals surface area contributed by atoms with Gasteiger partial charge in [0.2, 0.25) is 17.7 Å². The number of rotatable bonds is 33. The number of thiazole rings is 1. The van der Waals surface area contributed by atoms with Crippen LogP contribution in [0.25, 0.3) is 16.0 Å². The number of β-amino-alcohol motifs (C(OH)–C–C–N with tert-alkyl or cyclic N) is 1. The van der Waals surface area contributed by atoms with Crippen LogP contribution >= 0.6 is 34.7 Å². The summed E-state index contributed by atoms with van der Waals surface area (Å²) in [5, 5.41) is 30.6. The number of anilines is 2. The van der Waals surface area contributed by atoms with Gasteiger partial charge in [0.25, 0.3) is 25.8 Å². The van der Waals surface area contributed by atoms with Crippen LogP contribution in [0.5, 0.6) is 0 Å². The Morgan fingerprint density at radius 3 is 2.12 bits per heavy atom. The summed E-state index contributed by atoms with van der Waals surface area (Å²) in [6.45, 7) is 18.7. The number of nitrogens with one attached hydrogen (secondary N) is 4. The Balaban J connectivity index is 0.753. The normalized spacial score (nSPS) is 17.8. The first-order valence-electron chi connectivity index (χ1n) is 35.7. The number of halogens is 4. The number of aromatic nitrogens is 1. The molecule has 0 bridgehead atoms. The number of unbranched alkanes of at least 4 members (excludes halogenated alkanes) is 5. The van der Waals surface area contributed by atoms with Crippen molar-refractivity contribution in [3.05, 3.63) is 160 Å².